The maximum atomic E-state index is 13.5. The minimum atomic E-state index is -0.324. The number of hydrogen-bond acceptors (Lipinski definition) is 6. The minimum absolute atomic E-state index is 0.137. The van der Waals surface area contributed by atoms with Crippen LogP contribution in [0.25, 0.3) is 10.4 Å². The van der Waals surface area contributed by atoms with Crippen LogP contribution in [0.4, 0.5) is 4.39 Å². The highest BCUT2D eigenvalue weighted by Gasteiger charge is 2.33. The molecule has 3 aromatic rings. The molecule has 2 aromatic carbocycles. The van der Waals surface area contributed by atoms with Crippen molar-refractivity contribution >= 4 is 34.9 Å². The molecule has 5 rings (SSSR count). The lowest BCUT2D eigenvalue weighted by Gasteiger charge is -2.24. The summed E-state index contributed by atoms with van der Waals surface area (Å²) in [6, 6.07) is 11.5. The summed E-state index contributed by atoms with van der Waals surface area (Å²) in [5, 5.41) is 3.78. The number of hydrogen-bond donors (Lipinski definition) is 1. The topological polar surface area (TPSA) is 71.5 Å². The monoisotopic (exact) mass is 483 g/mol. The van der Waals surface area contributed by atoms with Gasteiger partial charge in [-0.2, -0.15) is 0 Å². The minimum Gasteiger partial charge on any atom is -0.493 e. The first-order valence-corrected chi connectivity index (χ1v) is 12.6. The molecule has 0 radical (unpaired) electrons. The maximum Gasteiger partial charge on any atom is 0.275 e. The molecule has 2 aliphatic heterocycles. The molecule has 170 valence electrons. The van der Waals surface area contributed by atoms with Crippen molar-refractivity contribution in [1.29, 1.82) is 0 Å². The molecule has 0 unspecified atom stereocenters. The SMILES string of the molecule is Cc1nc(C(=O)N2CSC[C@H]2CNC(=O)c2cccc3c2CCO3)c(-c2ccc(F)cc2)s1. The van der Waals surface area contributed by atoms with Crippen LogP contribution >= 0.6 is 23.1 Å². The number of nitrogens with zero attached hydrogens (tertiary/aromatic N) is 2. The van der Waals surface area contributed by atoms with Gasteiger partial charge in [0.2, 0.25) is 0 Å². The van der Waals surface area contributed by atoms with Gasteiger partial charge >= 0.3 is 0 Å². The number of rotatable bonds is 5. The largest absolute Gasteiger partial charge is 0.493 e. The summed E-state index contributed by atoms with van der Waals surface area (Å²) in [5.74, 6) is 1.39. The normalized spacial score (nSPS) is 17.0. The molecule has 9 heteroatoms. The molecule has 2 amide bonds. The van der Waals surface area contributed by atoms with E-state index in [1.165, 1.54) is 23.5 Å². The molecule has 1 fully saturated rings. The number of carbonyl (C=O) groups is 2. The zero-order valence-corrected chi connectivity index (χ0v) is 19.6. The average Bonchev–Trinajstić information content (AvgIpc) is 3.56. The van der Waals surface area contributed by atoms with Gasteiger partial charge in [0.25, 0.3) is 11.8 Å². The van der Waals surface area contributed by atoms with Gasteiger partial charge in [0.05, 0.1) is 28.4 Å². The first-order valence-electron chi connectivity index (χ1n) is 10.7. The number of fused-ring (bicyclic) bond motifs is 1. The number of nitrogens with one attached hydrogen (secondary N) is 1. The van der Waals surface area contributed by atoms with Gasteiger partial charge in [-0.15, -0.1) is 23.1 Å². The van der Waals surface area contributed by atoms with Crippen LogP contribution in [0.3, 0.4) is 0 Å². The van der Waals surface area contributed by atoms with Crippen molar-refractivity contribution in [3.63, 3.8) is 0 Å². The van der Waals surface area contributed by atoms with Crippen LogP contribution in [-0.4, -0.2) is 52.5 Å². The van der Waals surface area contributed by atoms with Gasteiger partial charge in [-0.25, -0.2) is 9.37 Å². The number of thiazole rings is 1. The lowest BCUT2D eigenvalue weighted by molar-refractivity contribution is 0.0732. The molecule has 3 heterocycles. The van der Waals surface area contributed by atoms with Gasteiger partial charge < -0.3 is 15.0 Å². The number of halogens is 1. The highest BCUT2D eigenvalue weighted by molar-refractivity contribution is 7.99. The molecule has 2 aliphatic rings. The predicted octanol–water partition coefficient (Wildman–Crippen LogP) is 4.14. The first kappa shape index (κ1) is 21.9. The zero-order valence-electron chi connectivity index (χ0n) is 18.0. The Morgan fingerprint density at radius 2 is 2.06 bits per heavy atom. The van der Waals surface area contributed by atoms with Crippen LogP contribution in [0.2, 0.25) is 0 Å². The van der Waals surface area contributed by atoms with Gasteiger partial charge in [-0.3, -0.25) is 9.59 Å². The molecule has 6 nitrogen and oxygen atoms in total. The Morgan fingerprint density at radius 3 is 2.88 bits per heavy atom. The van der Waals surface area contributed by atoms with Gasteiger partial charge in [0.15, 0.2) is 0 Å². The maximum absolute atomic E-state index is 13.5. The van der Waals surface area contributed by atoms with Crippen LogP contribution < -0.4 is 10.1 Å². The van der Waals surface area contributed by atoms with Crippen molar-refractivity contribution in [2.45, 2.75) is 19.4 Å². The van der Waals surface area contributed by atoms with E-state index in [0.29, 0.717) is 30.3 Å². The Kier molecular flexibility index (Phi) is 6.07. The van der Waals surface area contributed by atoms with Crippen molar-refractivity contribution in [3.8, 4) is 16.2 Å². The number of carbonyl (C=O) groups excluding carboxylic acids is 2. The van der Waals surface area contributed by atoms with Gasteiger partial charge in [0, 0.05) is 29.8 Å². The van der Waals surface area contributed by atoms with Crippen LogP contribution in [0.15, 0.2) is 42.5 Å². The summed E-state index contributed by atoms with van der Waals surface area (Å²) in [5.41, 5.74) is 2.70. The molecule has 33 heavy (non-hydrogen) atoms. The molecule has 0 aliphatic carbocycles. The smallest absolute Gasteiger partial charge is 0.275 e. The van der Waals surface area contributed by atoms with E-state index < -0.39 is 0 Å². The summed E-state index contributed by atoms with van der Waals surface area (Å²) in [6.07, 6.45) is 0.720. The van der Waals surface area contributed by atoms with E-state index in [2.05, 4.69) is 10.3 Å². The van der Waals surface area contributed by atoms with Crippen molar-refractivity contribution in [2.24, 2.45) is 0 Å². The summed E-state index contributed by atoms with van der Waals surface area (Å²) in [7, 11) is 0. The third-order valence-electron chi connectivity index (χ3n) is 5.77. The fraction of sp³-hybridized carbons (Fsp3) is 0.292. The standard InChI is InChI=1S/C24H22FN3O3S2/c1-14-27-21(22(33-14)15-5-7-16(25)8-6-15)24(30)28-13-32-12-17(28)11-26-23(29)19-3-2-4-20-18(19)9-10-31-20/h2-8,17H,9-13H2,1H3,(H,26,29)/t17-/m1/s1. The molecule has 0 spiro atoms. The molecule has 0 saturated carbocycles. The molecule has 1 N–H and O–H groups in total. The summed E-state index contributed by atoms with van der Waals surface area (Å²) in [6.45, 7) is 2.80. The van der Waals surface area contributed by atoms with E-state index in [-0.39, 0.29) is 23.7 Å². The second-order valence-corrected chi connectivity index (χ2v) is 10.1. The summed E-state index contributed by atoms with van der Waals surface area (Å²) in [4.78, 5) is 33.3. The Labute approximate surface area is 199 Å². The third-order valence-corrected chi connectivity index (χ3v) is 7.87. The molecule has 1 atom stereocenters. The lowest BCUT2D eigenvalue weighted by atomic mass is 10.0. The Balaban J connectivity index is 1.31. The average molecular weight is 484 g/mol. The molecule has 1 saturated heterocycles. The fourth-order valence-corrected chi connectivity index (χ4v) is 6.24. The quantitative estimate of drug-likeness (QED) is 0.591. The van der Waals surface area contributed by atoms with Crippen LogP contribution in [-0.2, 0) is 6.42 Å². The number of aromatic nitrogens is 1. The van der Waals surface area contributed by atoms with Crippen molar-refractivity contribution in [2.75, 3.05) is 24.8 Å². The third kappa shape index (κ3) is 4.35. The molecule has 1 aromatic heterocycles. The van der Waals surface area contributed by atoms with Crippen molar-refractivity contribution in [1.82, 2.24) is 15.2 Å². The second-order valence-electron chi connectivity index (χ2n) is 7.94. The Morgan fingerprint density at radius 1 is 1.24 bits per heavy atom. The number of amides is 2. The van der Waals surface area contributed by atoms with E-state index >= 15 is 0 Å². The van der Waals surface area contributed by atoms with Crippen LogP contribution in [0, 0.1) is 12.7 Å². The highest BCUT2D eigenvalue weighted by atomic mass is 32.2. The van der Waals surface area contributed by atoms with E-state index in [4.69, 9.17) is 4.74 Å². The number of ether oxygens (including phenoxy) is 1. The van der Waals surface area contributed by atoms with E-state index in [0.717, 1.165) is 38.9 Å². The summed E-state index contributed by atoms with van der Waals surface area (Å²) < 4.78 is 18.9. The van der Waals surface area contributed by atoms with Gasteiger partial charge in [-0.05, 0) is 36.8 Å². The van der Waals surface area contributed by atoms with Gasteiger partial charge in [-0.1, -0.05) is 18.2 Å². The lowest BCUT2D eigenvalue weighted by Crippen LogP contribution is -2.44. The van der Waals surface area contributed by atoms with Gasteiger partial charge in [0.1, 0.15) is 17.3 Å². The van der Waals surface area contributed by atoms with Crippen LogP contribution in [0.1, 0.15) is 31.4 Å². The molecular formula is C24H22FN3O3S2. The predicted molar refractivity (Wildman–Crippen MR) is 128 cm³/mol. The van der Waals surface area contributed by atoms with Crippen LogP contribution in [0.5, 0.6) is 5.75 Å². The number of aryl methyl sites for hydroxylation is 1. The Bertz CT molecular complexity index is 1210. The van der Waals surface area contributed by atoms with Crippen molar-refractivity contribution < 1.29 is 18.7 Å². The molecular weight excluding hydrogens is 461 g/mol. The first-order chi connectivity index (χ1) is 16.0. The van der Waals surface area contributed by atoms with E-state index in [9.17, 15) is 14.0 Å². The fourth-order valence-electron chi connectivity index (χ4n) is 4.12. The van der Waals surface area contributed by atoms with E-state index in [1.54, 1.807) is 28.8 Å². The number of thioether (sulfide) groups is 1. The van der Waals surface area contributed by atoms with E-state index in [1.807, 2.05) is 25.1 Å². The molecule has 0 bridgehead atoms. The number of benzene rings is 2. The highest BCUT2D eigenvalue weighted by Crippen LogP contribution is 2.33. The zero-order chi connectivity index (χ0) is 22.9. The second kappa shape index (κ2) is 9.15. The summed E-state index contributed by atoms with van der Waals surface area (Å²) >= 11 is 3.07. The Hall–Kier alpha value is -2.91. The van der Waals surface area contributed by atoms with Crippen molar-refractivity contribution in [3.05, 3.63) is 70.1 Å².